The van der Waals surface area contributed by atoms with E-state index >= 15 is 0 Å². The largest absolute Gasteiger partial charge is 0.338 e. The molecule has 0 radical (unpaired) electrons. The van der Waals surface area contributed by atoms with Crippen molar-refractivity contribution in [3.8, 4) is 0 Å². The minimum atomic E-state index is -3.69. The molecule has 156 valence electrons. The first-order chi connectivity index (χ1) is 13.8. The average molecular weight is 439 g/mol. The first kappa shape index (κ1) is 21.7. The Bertz CT molecular complexity index is 1010. The molecule has 1 aliphatic heterocycles. The number of halogens is 2. The number of benzene rings is 2. The third kappa shape index (κ3) is 4.47. The van der Waals surface area contributed by atoms with Crippen LogP contribution in [0, 0.1) is 5.82 Å². The molecule has 2 aromatic carbocycles. The van der Waals surface area contributed by atoms with E-state index in [0.717, 1.165) is 5.56 Å². The lowest BCUT2D eigenvalue weighted by Gasteiger charge is -2.21. The molecule has 3 rings (SSSR count). The molecule has 1 aliphatic rings. The van der Waals surface area contributed by atoms with Gasteiger partial charge in [-0.2, -0.15) is 4.31 Å². The fourth-order valence-corrected chi connectivity index (χ4v) is 5.37. The fraction of sp³-hybridized carbons (Fsp3) is 0.381. The van der Waals surface area contributed by atoms with Gasteiger partial charge in [-0.3, -0.25) is 4.79 Å². The van der Waals surface area contributed by atoms with Crippen LogP contribution >= 0.6 is 11.6 Å². The predicted octanol–water partition coefficient (Wildman–Crippen LogP) is 4.14. The van der Waals surface area contributed by atoms with Crippen molar-refractivity contribution in [2.45, 2.75) is 31.1 Å². The van der Waals surface area contributed by atoms with Crippen LogP contribution in [0.15, 0.2) is 47.4 Å². The third-order valence-corrected chi connectivity index (χ3v) is 7.68. The topological polar surface area (TPSA) is 57.7 Å². The van der Waals surface area contributed by atoms with Crippen molar-refractivity contribution in [3.05, 3.63) is 64.4 Å². The maximum absolute atomic E-state index is 13.5. The van der Waals surface area contributed by atoms with Gasteiger partial charge in [0.25, 0.3) is 5.91 Å². The van der Waals surface area contributed by atoms with Gasteiger partial charge in [0.05, 0.1) is 15.5 Å². The number of nitrogens with zero attached hydrogens (tertiary/aromatic N) is 2. The molecule has 1 saturated heterocycles. The third-order valence-electron chi connectivity index (χ3n) is 5.31. The number of amides is 1. The maximum atomic E-state index is 13.5. The molecule has 8 heteroatoms. The van der Waals surface area contributed by atoms with Gasteiger partial charge in [-0.25, -0.2) is 12.8 Å². The fourth-order valence-electron chi connectivity index (χ4n) is 3.69. The summed E-state index contributed by atoms with van der Waals surface area (Å²) < 4.78 is 40.4. The Kier molecular flexibility index (Phi) is 6.61. The van der Waals surface area contributed by atoms with Crippen molar-refractivity contribution in [1.82, 2.24) is 9.21 Å². The SMILES string of the molecule is CCN(CC)S(=O)(=O)c1ccc(Cl)c(C(=O)N2CCC(c3cccc(F)c3)C2)c1. The van der Waals surface area contributed by atoms with Gasteiger partial charge in [-0.1, -0.05) is 37.6 Å². The van der Waals surface area contributed by atoms with Crippen molar-refractivity contribution in [2.75, 3.05) is 26.2 Å². The van der Waals surface area contributed by atoms with Crippen LogP contribution in [0.1, 0.15) is 42.1 Å². The van der Waals surface area contributed by atoms with Gasteiger partial charge in [0.1, 0.15) is 5.82 Å². The normalized spacial score (nSPS) is 17.1. The molecule has 0 N–H and O–H groups in total. The van der Waals surface area contributed by atoms with Crippen molar-refractivity contribution in [3.63, 3.8) is 0 Å². The number of carbonyl (C=O) groups excluding carboxylic acids is 1. The zero-order valence-electron chi connectivity index (χ0n) is 16.4. The summed E-state index contributed by atoms with van der Waals surface area (Å²) in [6, 6.07) is 10.6. The monoisotopic (exact) mass is 438 g/mol. The molecule has 1 fully saturated rings. The standard InChI is InChI=1S/C21H24ClFN2O3S/c1-3-25(4-2)29(27,28)18-8-9-20(22)19(13-18)21(26)24-11-10-16(14-24)15-6-5-7-17(23)12-15/h5-9,12-13,16H,3-4,10-11,14H2,1-2H3. The van der Waals surface area contributed by atoms with Crippen molar-refractivity contribution in [2.24, 2.45) is 0 Å². The second-order valence-electron chi connectivity index (χ2n) is 7.02. The number of rotatable bonds is 6. The molecule has 29 heavy (non-hydrogen) atoms. The Morgan fingerprint density at radius 1 is 1.21 bits per heavy atom. The van der Waals surface area contributed by atoms with Gasteiger partial charge >= 0.3 is 0 Å². The van der Waals surface area contributed by atoms with Crippen molar-refractivity contribution >= 4 is 27.5 Å². The van der Waals surface area contributed by atoms with Crippen molar-refractivity contribution < 1.29 is 17.6 Å². The van der Waals surface area contributed by atoms with Crippen LogP contribution < -0.4 is 0 Å². The van der Waals surface area contributed by atoms with Crippen LogP contribution in [-0.2, 0) is 10.0 Å². The van der Waals surface area contributed by atoms with E-state index < -0.39 is 10.0 Å². The first-order valence-corrected chi connectivity index (χ1v) is 11.4. The van der Waals surface area contributed by atoms with E-state index in [-0.39, 0.29) is 33.1 Å². The molecule has 0 aliphatic carbocycles. The molecule has 0 spiro atoms. The number of hydrogen-bond acceptors (Lipinski definition) is 3. The van der Waals surface area contributed by atoms with E-state index in [9.17, 15) is 17.6 Å². The van der Waals surface area contributed by atoms with Crippen molar-refractivity contribution in [1.29, 1.82) is 0 Å². The summed E-state index contributed by atoms with van der Waals surface area (Å²) in [5.41, 5.74) is 1.02. The second kappa shape index (κ2) is 8.81. The summed E-state index contributed by atoms with van der Waals surface area (Å²) in [6.45, 7) is 5.15. The van der Waals surface area contributed by atoms with E-state index in [1.54, 1.807) is 24.8 Å². The minimum absolute atomic E-state index is 0.0380. The molecular weight excluding hydrogens is 415 g/mol. The van der Waals surface area contributed by atoms with Crippen LogP contribution in [-0.4, -0.2) is 49.7 Å². The maximum Gasteiger partial charge on any atom is 0.255 e. The van der Waals surface area contributed by atoms with Gasteiger partial charge in [0.15, 0.2) is 0 Å². The Morgan fingerprint density at radius 3 is 2.59 bits per heavy atom. The predicted molar refractivity (Wildman–Crippen MR) is 111 cm³/mol. The molecule has 0 bridgehead atoms. The van der Waals surface area contributed by atoms with E-state index in [0.29, 0.717) is 32.6 Å². The molecular formula is C21H24ClFN2O3S. The highest BCUT2D eigenvalue weighted by atomic mass is 35.5. The molecule has 1 heterocycles. The lowest BCUT2D eigenvalue weighted by Crippen LogP contribution is -2.31. The van der Waals surface area contributed by atoms with E-state index in [2.05, 4.69) is 0 Å². The Hall–Kier alpha value is -1.96. The van der Waals surface area contributed by atoms with Gasteiger partial charge in [-0.05, 0) is 42.3 Å². The molecule has 1 amide bonds. The lowest BCUT2D eigenvalue weighted by atomic mass is 9.98. The highest BCUT2D eigenvalue weighted by Crippen LogP contribution is 2.30. The lowest BCUT2D eigenvalue weighted by molar-refractivity contribution is 0.0790. The Balaban J connectivity index is 1.85. The molecule has 1 unspecified atom stereocenters. The smallest absolute Gasteiger partial charge is 0.255 e. The summed E-state index contributed by atoms with van der Waals surface area (Å²) in [5.74, 6) is -0.578. The van der Waals surface area contributed by atoms with Crippen LogP contribution in [0.25, 0.3) is 0 Å². The van der Waals surface area contributed by atoms with Gasteiger partial charge in [0, 0.05) is 32.1 Å². The van der Waals surface area contributed by atoms with Gasteiger partial charge in [0.2, 0.25) is 10.0 Å². The number of sulfonamides is 1. The average Bonchev–Trinajstić information content (AvgIpc) is 3.18. The highest BCUT2D eigenvalue weighted by molar-refractivity contribution is 7.89. The zero-order valence-corrected chi connectivity index (χ0v) is 18.0. The second-order valence-corrected chi connectivity index (χ2v) is 9.37. The molecule has 0 aromatic heterocycles. The number of carbonyl (C=O) groups is 1. The van der Waals surface area contributed by atoms with E-state index in [4.69, 9.17) is 11.6 Å². The molecule has 5 nitrogen and oxygen atoms in total. The summed E-state index contributed by atoms with van der Waals surface area (Å²) in [7, 11) is -3.69. The molecule has 2 aromatic rings. The van der Waals surface area contributed by atoms with Crippen LogP contribution in [0.5, 0.6) is 0 Å². The number of hydrogen-bond donors (Lipinski definition) is 0. The van der Waals surface area contributed by atoms with Crippen LogP contribution in [0.3, 0.4) is 0 Å². The molecule has 0 saturated carbocycles. The summed E-state index contributed by atoms with van der Waals surface area (Å²) in [5, 5.41) is 0.211. The number of likely N-dealkylation sites (tertiary alicyclic amines) is 1. The summed E-state index contributed by atoms with van der Waals surface area (Å²) >= 11 is 6.24. The van der Waals surface area contributed by atoms with E-state index in [1.165, 1.54) is 34.6 Å². The Morgan fingerprint density at radius 2 is 1.93 bits per heavy atom. The highest BCUT2D eigenvalue weighted by Gasteiger charge is 2.30. The quantitative estimate of drug-likeness (QED) is 0.681. The summed E-state index contributed by atoms with van der Waals surface area (Å²) in [4.78, 5) is 14.8. The Labute approximate surface area is 176 Å². The molecule has 1 atom stereocenters. The van der Waals surface area contributed by atoms with Gasteiger partial charge < -0.3 is 4.90 Å². The minimum Gasteiger partial charge on any atom is -0.338 e. The van der Waals surface area contributed by atoms with E-state index in [1.807, 2.05) is 6.07 Å². The van der Waals surface area contributed by atoms with Gasteiger partial charge in [-0.15, -0.1) is 0 Å². The zero-order chi connectivity index (χ0) is 21.2. The summed E-state index contributed by atoms with van der Waals surface area (Å²) in [6.07, 6.45) is 0.713. The van der Waals surface area contributed by atoms with Crippen LogP contribution in [0.2, 0.25) is 5.02 Å². The van der Waals surface area contributed by atoms with Crippen LogP contribution in [0.4, 0.5) is 4.39 Å². The first-order valence-electron chi connectivity index (χ1n) is 9.62.